The van der Waals surface area contributed by atoms with Gasteiger partial charge in [-0.05, 0) is 0 Å². The van der Waals surface area contributed by atoms with E-state index in [1.807, 2.05) is 0 Å². The summed E-state index contributed by atoms with van der Waals surface area (Å²) in [5.74, 6) is -4.15. The van der Waals surface area contributed by atoms with Gasteiger partial charge in [0.1, 0.15) is 6.61 Å². The number of hydrogen-bond donors (Lipinski definition) is 1. The van der Waals surface area contributed by atoms with Crippen LogP contribution in [0, 0.1) is 0 Å². The maximum atomic E-state index is 12.5. The van der Waals surface area contributed by atoms with Crippen molar-refractivity contribution in [1.82, 2.24) is 15.0 Å². The third-order valence-corrected chi connectivity index (χ3v) is 2.07. The Hall–Kier alpha value is -1.22. The molecule has 5 nitrogen and oxygen atoms in total. The Balaban J connectivity index is 2.27. The average Bonchev–Trinajstić information content (AvgIpc) is 2.63. The molecule has 0 aliphatic carbocycles. The van der Waals surface area contributed by atoms with Gasteiger partial charge < -0.3 is 10.5 Å². The lowest BCUT2D eigenvalue weighted by Gasteiger charge is -2.17. The van der Waals surface area contributed by atoms with Gasteiger partial charge in [-0.15, -0.1) is 5.10 Å². The van der Waals surface area contributed by atoms with Crippen LogP contribution in [-0.4, -0.2) is 46.6 Å². The van der Waals surface area contributed by atoms with Gasteiger partial charge in [-0.3, -0.25) is 4.68 Å². The Labute approximate surface area is 101 Å². The highest BCUT2D eigenvalue weighted by Gasteiger charge is 2.41. The number of rotatable bonds is 7. The fraction of sp³-hybridized carbons (Fsp3) is 0.778. The molecule has 0 aliphatic heterocycles. The zero-order valence-electron chi connectivity index (χ0n) is 9.69. The second-order valence-electron chi connectivity index (χ2n) is 3.92. The minimum atomic E-state index is -4.15. The van der Waals surface area contributed by atoms with E-state index in [1.165, 1.54) is 4.68 Å². The van der Waals surface area contributed by atoms with Crippen LogP contribution in [0.4, 0.5) is 17.6 Å². The Morgan fingerprint density at radius 1 is 1.50 bits per heavy atom. The number of nitrogens with two attached hydrogens (primary N) is 1. The predicted molar refractivity (Wildman–Crippen MR) is 54.5 cm³/mol. The maximum Gasteiger partial charge on any atom is 0.330 e. The van der Waals surface area contributed by atoms with Crippen molar-refractivity contribution < 1.29 is 22.3 Å². The molecule has 0 bridgehead atoms. The van der Waals surface area contributed by atoms with Crippen LogP contribution in [0.3, 0.4) is 0 Å². The van der Waals surface area contributed by atoms with E-state index in [1.54, 1.807) is 13.2 Å². The molecule has 0 amide bonds. The lowest BCUT2D eigenvalue weighted by Crippen LogP contribution is -2.36. The molecule has 0 spiro atoms. The number of hydrogen-bond acceptors (Lipinski definition) is 4. The first kappa shape index (κ1) is 14.8. The van der Waals surface area contributed by atoms with Crippen LogP contribution in [0.5, 0.6) is 0 Å². The molecule has 2 N–H and O–H groups in total. The lowest BCUT2D eigenvalue weighted by molar-refractivity contribution is -0.166. The summed E-state index contributed by atoms with van der Waals surface area (Å²) in [6, 6.07) is -0.602. The summed E-state index contributed by atoms with van der Waals surface area (Å²) in [6.07, 6.45) is -1.85. The molecule has 0 aromatic carbocycles. The van der Waals surface area contributed by atoms with Crippen LogP contribution in [0.2, 0.25) is 0 Å². The molecule has 1 heterocycles. The minimum absolute atomic E-state index is 0.251. The van der Waals surface area contributed by atoms with Gasteiger partial charge in [0.05, 0.1) is 12.3 Å². The first-order valence-electron chi connectivity index (χ1n) is 5.16. The van der Waals surface area contributed by atoms with E-state index in [9.17, 15) is 17.6 Å². The summed E-state index contributed by atoms with van der Waals surface area (Å²) >= 11 is 0. The molecular weight excluding hydrogens is 256 g/mol. The number of nitrogens with zero attached hydrogens (tertiary/aromatic N) is 3. The molecule has 104 valence electrons. The van der Waals surface area contributed by atoms with E-state index in [2.05, 4.69) is 15.0 Å². The van der Waals surface area contributed by atoms with Crippen LogP contribution >= 0.6 is 0 Å². The summed E-state index contributed by atoms with van der Waals surface area (Å²) in [5.41, 5.74) is 6.16. The summed E-state index contributed by atoms with van der Waals surface area (Å²) in [6.45, 7) is -1.60. The first-order valence-corrected chi connectivity index (χ1v) is 5.16. The predicted octanol–water partition coefficient (Wildman–Crippen LogP) is 0.602. The molecule has 0 aliphatic rings. The van der Waals surface area contributed by atoms with Crippen molar-refractivity contribution in [3.8, 4) is 0 Å². The molecule has 0 radical (unpaired) electrons. The number of alkyl halides is 4. The van der Waals surface area contributed by atoms with E-state index in [0.29, 0.717) is 5.69 Å². The number of aryl methyl sites for hydroxylation is 1. The molecule has 1 atom stereocenters. The highest BCUT2D eigenvalue weighted by atomic mass is 19.3. The van der Waals surface area contributed by atoms with Crippen LogP contribution in [0.15, 0.2) is 6.20 Å². The molecule has 1 aromatic rings. The Bertz CT molecular complexity index is 371. The lowest BCUT2D eigenvalue weighted by atomic mass is 10.2. The number of halogens is 4. The van der Waals surface area contributed by atoms with Crippen LogP contribution < -0.4 is 5.73 Å². The normalized spacial score (nSPS) is 14.2. The number of aromatic nitrogens is 3. The van der Waals surface area contributed by atoms with Crippen LogP contribution in [0.1, 0.15) is 5.69 Å². The molecular formula is C9H14F4N4O. The summed E-state index contributed by atoms with van der Waals surface area (Å²) < 4.78 is 54.5. The van der Waals surface area contributed by atoms with E-state index in [0.717, 1.165) is 0 Å². The Morgan fingerprint density at radius 2 is 2.17 bits per heavy atom. The van der Waals surface area contributed by atoms with Gasteiger partial charge in [0.15, 0.2) is 0 Å². The summed E-state index contributed by atoms with van der Waals surface area (Å²) in [4.78, 5) is 0. The second kappa shape index (κ2) is 6.10. The third-order valence-electron chi connectivity index (χ3n) is 2.07. The van der Waals surface area contributed by atoms with Crippen molar-refractivity contribution in [2.45, 2.75) is 24.8 Å². The second-order valence-corrected chi connectivity index (χ2v) is 3.92. The van der Waals surface area contributed by atoms with Crippen LogP contribution in [0.25, 0.3) is 0 Å². The quantitative estimate of drug-likeness (QED) is 0.737. The van der Waals surface area contributed by atoms with Crippen molar-refractivity contribution in [2.24, 2.45) is 12.8 Å². The van der Waals surface area contributed by atoms with Crippen LogP contribution in [-0.2, 0) is 18.2 Å². The van der Waals surface area contributed by atoms with E-state index in [-0.39, 0.29) is 13.0 Å². The average molecular weight is 270 g/mol. The van der Waals surface area contributed by atoms with Crippen molar-refractivity contribution in [3.05, 3.63) is 11.9 Å². The highest BCUT2D eigenvalue weighted by Crippen LogP contribution is 2.22. The van der Waals surface area contributed by atoms with Gasteiger partial charge in [0.2, 0.25) is 0 Å². The SMILES string of the molecule is Cn1cc(CC(N)COCC(F)(F)C(F)F)nn1. The van der Waals surface area contributed by atoms with Gasteiger partial charge in [-0.1, -0.05) is 5.21 Å². The molecule has 1 aromatic heterocycles. The summed E-state index contributed by atoms with van der Waals surface area (Å²) in [5, 5.41) is 7.41. The van der Waals surface area contributed by atoms with Gasteiger partial charge in [0, 0.05) is 25.7 Å². The van der Waals surface area contributed by atoms with Gasteiger partial charge >= 0.3 is 12.3 Å². The molecule has 0 saturated heterocycles. The zero-order valence-corrected chi connectivity index (χ0v) is 9.69. The van der Waals surface area contributed by atoms with E-state index in [4.69, 9.17) is 5.73 Å². The molecule has 18 heavy (non-hydrogen) atoms. The fourth-order valence-electron chi connectivity index (χ4n) is 1.23. The van der Waals surface area contributed by atoms with Gasteiger partial charge in [0.25, 0.3) is 0 Å². The maximum absolute atomic E-state index is 12.5. The van der Waals surface area contributed by atoms with Crippen molar-refractivity contribution in [1.29, 1.82) is 0 Å². The Morgan fingerprint density at radius 3 is 2.67 bits per heavy atom. The minimum Gasteiger partial charge on any atom is -0.373 e. The molecule has 1 rings (SSSR count). The summed E-state index contributed by atoms with van der Waals surface area (Å²) in [7, 11) is 1.67. The largest absolute Gasteiger partial charge is 0.373 e. The molecule has 9 heteroatoms. The molecule has 0 saturated carbocycles. The number of ether oxygens (including phenoxy) is 1. The first-order chi connectivity index (χ1) is 8.31. The van der Waals surface area contributed by atoms with Crippen molar-refractivity contribution in [2.75, 3.05) is 13.2 Å². The third kappa shape index (κ3) is 4.57. The zero-order chi connectivity index (χ0) is 13.8. The van der Waals surface area contributed by atoms with E-state index >= 15 is 0 Å². The molecule has 1 unspecified atom stereocenters. The monoisotopic (exact) mass is 270 g/mol. The molecule has 0 fully saturated rings. The smallest absolute Gasteiger partial charge is 0.330 e. The van der Waals surface area contributed by atoms with Crippen molar-refractivity contribution >= 4 is 0 Å². The Kier molecular flexibility index (Phi) is 5.03. The van der Waals surface area contributed by atoms with Gasteiger partial charge in [-0.25, -0.2) is 8.78 Å². The highest BCUT2D eigenvalue weighted by molar-refractivity contribution is 4.95. The standard InChI is InChI=1S/C9H14F4N4O/c1-17-3-7(15-16-17)2-6(14)4-18-5-9(12,13)8(10)11/h3,6,8H,2,4-5,14H2,1H3. The van der Waals surface area contributed by atoms with Crippen molar-refractivity contribution in [3.63, 3.8) is 0 Å². The topological polar surface area (TPSA) is 66.0 Å². The van der Waals surface area contributed by atoms with Gasteiger partial charge in [-0.2, -0.15) is 8.78 Å². The van der Waals surface area contributed by atoms with E-state index < -0.39 is 25.0 Å². The fourth-order valence-corrected chi connectivity index (χ4v) is 1.23.